The first kappa shape index (κ1) is 47.5. The van der Waals surface area contributed by atoms with Crippen LogP contribution in [-0.4, -0.2) is 18.0 Å². The van der Waals surface area contributed by atoms with Crippen LogP contribution >= 0.6 is 0 Å². The van der Waals surface area contributed by atoms with Crippen molar-refractivity contribution >= 4 is 125 Å². The van der Waals surface area contributed by atoms with Gasteiger partial charge in [0.2, 0.25) is 6.71 Å². The van der Waals surface area contributed by atoms with Gasteiger partial charge < -0.3 is 24.1 Å². The van der Waals surface area contributed by atoms with E-state index in [1.54, 1.807) is 0 Å². The molecule has 0 bridgehead atoms. The van der Waals surface area contributed by atoms with Gasteiger partial charge in [0.1, 0.15) is 0 Å². The molecular formula is C79H51B2N5. The van der Waals surface area contributed by atoms with E-state index in [4.69, 9.17) is 0 Å². The highest BCUT2D eigenvalue weighted by molar-refractivity contribution is 6.92. The Morgan fingerprint density at radius 3 is 1.34 bits per heavy atom. The molecular weight excluding hydrogens is 1040 g/mol. The Labute approximate surface area is 500 Å². The molecule has 5 heterocycles. The second-order valence-electron chi connectivity index (χ2n) is 23.4. The summed E-state index contributed by atoms with van der Waals surface area (Å²) in [7, 11) is 0. The van der Waals surface area contributed by atoms with Gasteiger partial charge in [0.05, 0.1) is 0 Å². The van der Waals surface area contributed by atoms with Crippen LogP contribution in [0.2, 0.25) is 0 Å². The lowest BCUT2D eigenvalue weighted by Gasteiger charge is -2.44. The highest BCUT2D eigenvalue weighted by atomic mass is 15.2. The predicted molar refractivity (Wildman–Crippen MR) is 362 cm³/mol. The van der Waals surface area contributed by atoms with Crippen molar-refractivity contribution in [2.75, 3.05) is 19.6 Å². The van der Waals surface area contributed by atoms with E-state index >= 15 is 0 Å². The molecule has 0 saturated heterocycles. The van der Waals surface area contributed by atoms with Crippen LogP contribution in [0.1, 0.15) is 16.9 Å². The molecule has 5 nitrogen and oxygen atoms in total. The molecule has 0 radical (unpaired) electrons. The Kier molecular flexibility index (Phi) is 10.1. The van der Waals surface area contributed by atoms with Crippen molar-refractivity contribution in [2.24, 2.45) is 0 Å². The van der Waals surface area contributed by atoms with Gasteiger partial charge in [-0.05, 0) is 182 Å². The van der Waals surface area contributed by atoms with E-state index in [1.165, 1.54) is 111 Å². The lowest BCUT2D eigenvalue weighted by molar-refractivity contribution is 1.15. The highest BCUT2D eigenvalue weighted by Crippen LogP contribution is 2.63. The Morgan fingerprint density at radius 1 is 0.326 bits per heavy atom. The molecule has 1 atom stereocenters. The van der Waals surface area contributed by atoms with Crippen LogP contribution in [0.15, 0.2) is 303 Å². The van der Waals surface area contributed by atoms with Crippen LogP contribution in [0.5, 0.6) is 0 Å². The molecule has 1 aliphatic carbocycles. The minimum absolute atomic E-state index is 0.00195. The van der Waals surface area contributed by atoms with E-state index in [0.29, 0.717) is 0 Å². The minimum Gasteiger partial charge on any atom is -0.375 e. The number of anilines is 12. The van der Waals surface area contributed by atoms with E-state index < -0.39 is 0 Å². The number of hydrogen-bond acceptors (Lipinski definition) is 4. The van der Waals surface area contributed by atoms with Crippen LogP contribution in [-0.2, 0) is 0 Å². The summed E-state index contributed by atoms with van der Waals surface area (Å²) in [6.07, 6.45) is 0. The minimum atomic E-state index is -0.164. The quantitative estimate of drug-likeness (QED) is 0.141. The van der Waals surface area contributed by atoms with Crippen molar-refractivity contribution < 1.29 is 0 Å². The van der Waals surface area contributed by atoms with Gasteiger partial charge in [0.25, 0.3) is 0 Å². The number of fused-ring (bicyclic) bond motifs is 16. The van der Waals surface area contributed by atoms with Crippen LogP contribution in [0.4, 0.5) is 68.2 Å². The van der Waals surface area contributed by atoms with Crippen molar-refractivity contribution in [2.45, 2.75) is 5.82 Å². The molecule has 0 N–H and O–H groups in total. The number of rotatable bonds is 8. The van der Waals surface area contributed by atoms with Gasteiger partial charge in [0.15, 0.2) is 0 Å². The normalized spacial score (nSPS) is 14.1. The molecule has 5 aliphatic rings. The number of benzene rings is 13. The van der Waals surface area contributed by atoms with Crippen molar-refractivity contribution in [3.05, 3.63) is 314 Å². The zero-order valence-electron chi connectivity index (χ0n) is 46.8. The monoisotopic (exact) mass is 1090 g/mol. The Balaban J connectivity index is 1.02. The smallest absolute Gasteiger partial charge is 0.333 e. The molecule has 19 rings (SSSR count). The Hall–Kier alpha value is -11.0. The van der Waals surface area contributed by atoms with Crippen molar-refractivity contribution in [1.29, 1.82) is 0 Å². The first-order valence-corrected chi connectivity index (χ1v) is 30.0. The summed E-state index contributed by atoms with van der Waals surface area (Å²) in [6.45, 7) is -0.174. The topological polar surface area (TPSA) is 17.9 Å². The molecule has 7 heteroatoms. The molecule has 0 spiro atoms. The van der Waals surface area contributed by atoms with Crippen LogP contribution in [0.25, 0.3) is 55.2 Å². The maximum Gasteiger partial charge on any atom is 0.333 e. The van der Waals surface area contributed by atoms with E-state index in [9.17, 15) is 0 Å². The zero-order chi connectivity index (χ0) is 56.1. The lowest BCUT2D eigenvalue weighted by Crippen LogP contribution is -2.57. The fourth-order valence-corrected chi connectivity index (χ4v) is 16.1. The van der Waals surface area contributed by atoms with Gasteiger partial charge >= 0.3 is 6.85 Å². The SMILES string of the molecule is c1ccc(N(c2ccccc2)c2cc3c4c(c2)N(c2ccccc2)c2ccccc2B4C2c4ccccc4-c4c2c-3c2c3ccccc3n3c2c4-c2cc(N(c4ccccc4)c4ccccc4)cc4c2B3c2ccccc2N4c2ccccc2)cc1. The van der Waals surface area contributed by atoms with Crippen LogP contribution in [0.3, 0.4) is 0 Å². The summed E-state index contributed by atoms with van der Waals surface area (Å²) in [5.41, 5.74) is 32.1. The molecule has 4 aliphatic heterocycles. The van der Waals surface area contributed by atoms with Gasteiger partial charge in [-0.1, -0.05) is 188 Å². The summed E-state index contributed by atoms with van der Waals surface area (Å²) in [6, 6.07) is 113. The van der Waals surface area contributed by atoms with Gasteiger partial charge in [-0.15, -0.1) is 0 Å². The van der Waals surface area contributed by atoms with Crippen molar-refractivity contribution in [3.8, 4) is 33.4 Å². The third-order valence-corrected chi connectivity index (χ3v) is 19.1. The number of aromatic nitrogens is 1. The Bertz CT molecular complexity index is 5010. The highest BCUT2D eigenvalue weighted by Gasteiger charge is 2.53. The van der Waals surface area contributed by atoms with Gasteiger partial charge in [0, 0.05) is 95.6 Å². The summed E-state index contributed by atoms with van der Waals surface area (Å²) in [4.78, 5) is 10.0. The average Bonchev–Trinajstić information content (AvgIpc) is 1.44. The fraction of sp³-hybridized carbons (Fsp3) is 0.0127. The van der Waals surface area contributed by atoms with Gasteiger partial charge in [-0.2, -0.15) is 0 Å². The van der Waals surface area contributed by atoms with E-state index in [0.717, 1.165) is 45.5 Å². The number of nitrogens with zero attached hydrogens (tertiary/aromatic N) is 5. The molecule has 0 fully saturated rings. The largest absolute Gasteiger partial charge is 0.375 e. The van der Waals surface area contributed by atoms with Crippen molar-refractivity contribution in [1.82, 2.24) is 4.48 Å². The van der Waals surface area contributed by atoms with E-state index in [1.807, 2.05) is 0 Å². The van der Waals surface area contributed by atoms with Crippen LogP contribution < -0.4 is 41.5 Å². The zero-order valence-corrected chi connectivity index (χ0v) is 46.8. The maximum absolute atomic E-state index is 2.78. The average molecular weight is 1090 g/mol. The van der Waals surface area contributed by atoms with E-state index in [-0.39, 0.29) is 19.4 Å². The van der Waals surface area contributed by atoms with Crippen LogP contribution in [0, 0.1) is 0 Å². The van der Waals surface area contributed by atoms with E-state index in [2.05, 4.69) is 327 Å². The molecule has 1 aromatic heterocycles. The third-order valence-electron chi connectivity index (χ3n) is 19.1. The molecule has 0 saturated carbocycles. The lowest BCUT2D eigenvalue weighted by atomic mass is 9.28. The van der Waals surface area contributed by atoms with Gasteiger partial charge in [-0.25, -0.2) is 0 Å². The summed E-state index contributed by atoms with van der Waals surface area (Å²) < 4.78 is 2.78. The maximum atomic E-state index is 2.78. The predicted octanol–water partition coefficient (Wildman–Crippen LogP) is 17.9. The summed E-state index contributed by atoms with van der Waals surface area (Å²) in [5, 5.41) is 2.57. The third kappa shape index (κ3) is 6.51. The second-order valence-corrected chi connectivity index (χ2v) is 23.4. The second kappa shape index (κ2) is 18.2. The number of hydrogen-bond donors (Lipinski definition) is 0. The summed E-state index contributed by atoms with van der Waals surface area (Å²) in [5.74, 6) is -0.00195. The molecule has 398 valence electrons. The molecule has 86 heavy (non-hydrogen) atoms. The van der Waals surface area contributed by atoms with Gasteiger partial charge in [-0.3, -0.25) is 0 Å². The summed E-state index contributed by atoms with van der Waals surface area (Å²) >= 11 is 0. The molecule has 14 aromatic rings. The molecule has 13 aromatic carbocycles. The van der Waals surface area contributed by atoms with Crippen molar-refractivity contribution in [3.63, 3.8) is 0 Å². The first-order valence-electron chi connectivity index (χ1n) is 30.0. The Morgan fingerprint density at radius 2 is 0.767 bits per heavy atom. The molecule has 0 amide bonds. The fourth-order valence-electron chi connectivity index (χ4n) is 16.1. The first-order chi connectivity index (χ1) is 42.8. The standard InChI is InChI=1S/C79H51B2N5/c1-7-27-51(28-8-1)82(52-29-9-2-10-30-52)57-47-62-72-73-61-41-21-24-44-66(61)86-79(73)74(71-59-39-19-20-40-60(59)78(75(71)72)80-64-42-22-25-45-67(64)84(69(49-57)76(62)80)55-35-15-5-16-36-55)63-48-58(83(53-31-11-3-12-32-53)54-33-13-4-14-34-54)50-70-77(63)81(86)65-43-23-26-46-68(65)85(70)56-37-17-6-18-38-56/h1-50,78H. The molecule has 1 unspecified atom stereocenters. The number of para-hydroxylation sites is 9.